The first-order valence-electron chi connectivity index (χ1n) is 9.69. The summed E-state index contributed by atoms with van der Waals surface area (Å²) < 4.78 is 0. The predicted molar refractivity (Wildman–Crippen MR) is 112 cm³/mol. The summed E-state index contributed by atoms with van der Waals surface area (Å²) in [6, 6.07) is 3.76. The van der Waals surface area contributed by atoms with Gasteiger partial charge in [-0.15, -0.1) is 0 Å². The van der Waals surface area contributed by atoms with Crippen LogP contribution in [0, 0.1) is 0 Å². The van der Waals surface area contributed by atoms with Crippen molar-refractivity contribution in [1.29, 1.82) is 0 Å². The number of carbonyl (C=O) groups is 1. The fourth-order valence-corrected chi connectivity index (χ4v) is 3.23. The zero-order chi connectivity index (χ0) is 21.1. The minimum atomic E-state index is -0.273. The van der Waals surface area contributed by atoms with E-state index in [2.05, 4.69) is 25.3 Å². The smallest absolute Gasteiger partial charge is 0.271 e. The molecule has 2 N–H and O–H groups in total. The highest BCUT2D eigenvalue weighted by atomic mass is 16.7. The van der Waals surface area contributed by atoms with Gasteiger partial charge in [0, 0.05) is 30.9 Å². The summed E-state index contributed by atoms with van der Waals surface area (Å²) in [5, 5.41) is 4.33. The molecule has 0 radical (unpaired) electrons. The lowest BCUT2D eigenvalue weighted by Crippen LogP contribution is -2.29. The van der Waals surface area contributed by atoms with Crippen molar-refractivity contribution in [3.05, 3.63) is 69.7 Å². The van der Waals surface area contributed by atoms with E-state index in [9.17, 15) is 9.59 Å². The second kappa shape index (κ2) is 8.52. The van der Waals surface area contributed by atoms with Gasteiger partial charge in [-0.25, -0.2) is 4.98 Å². The molecule has 1 aliphatic heterocycles. The van der Waals surface area contributed by atoms with Gasteiger partial charge in [0.1, 0.15) is 5.69 Å². The first kappa shape index (κ1) is 19.9. The van der Waals surface area contributed by atoms with Crippen LogP contribution in [0.5, 0.6) is 0 Å². The van der Waals surface area contributed by atoms with Gasteiger partial charge in [-0.05, 0) is 24.1 Å². The number of nitrogens with zero attached hydrogens (tertiary/aromatic N) is 4. The van der Waals surface area contributed by atoms with Crippen LogP contribution >= 0.6 is 0 Å². The molecule has 4 heterocycles. The zero-order valence-corrected chi connectivity index (χ0v) is 16.8. The SMILES string of the molecule is CCc1cc2ncc(CN3CC=C(c4cnc(C(=O)NC)cn4)CO3)cc2[nH]c1=O. The van der Waals surface area contributed by atoms with E-state index < -0.39 is 0 Å². The van der Waals surface area contributed by atoms with Crippen LogP contribution in [-0.2, 0) is 17.8 Å². The number of rotatable bonds is 5. The second-order valence-electron chi connectivity index (χ2n) is 6.94. The normalized spacial score (nSPS) is 14.5. The number of carbonyl (C=O) groups excluding carboxylic acids is 1. The molecule has 30 heavy (non-hydrogen) atoms. The summed E-state index contributed by atoms with van der Waals surface area (Å²) in [7, 11) is 1.55. The average molecular weight is 406 g/mol. The van der Waals surface area contributed by atoms with E-state index in [1.807, 2.05) is 30.2 Å². The van der Waals surface area contributed by atoms with Crippen molar-refractivity contribution in [2.75, 3.05) is 20.2 Å². The molecule has 3 aromatic heterocycles. The number of aromatic amines is 1. The summed E-state index contributed by atoms with van der Waals surface area (Å²) in [4.78, 5) is 45.3. The van der Waals surface area contributed by atoms with Crippen LogP contribution in [0.4, 0.5) is 0 Å². The molecule has 4 rings (SSSR count). The van der Waals surface area contributed by atoms with Crippen LogP contribution in [0.2, 0.25) is 0 Å². The molecular weight excluding hydrogens is 384 g/mol. The van der Waals surface area contributed by atoms with Gasteiger partial charge in [-0.2, -0.15) is 5.06 Å². The number of fused-ring (bicyclic) bond motifs is 1. The van der Waals surface area contributed by atoms with E-state index in [4.69, 9.17) is 4.84 Å². The van der Waals surface area contributed by atoms with Gasteiger partial charge >= 0.3 is 0 Å². The predicted octanol–water partition coefficient (Wildman–Crippen LogP) is 1.47. The van der Waals surface area contributed by atoms with E-state index in [1.54, 1.807) is 19.4 Å². The Kier molecular flexibility index (Phi) is 5.64. The third-order valence-electron chi connectivity index (χ3n) is 4.95. The fraction of sp³-hybridized carbons (Fsp3) is 0.286. The molecule has 154 valence electrons. The van der Waals surface area contributed by atoms with Crippen molar-refractivity contribution in [3.8, 4) is 0 Å². The van der Waals surface area contributed by atoms with Crippen molar-refractivity contribution >= 4 is 22.5 Å². The Bertz CT molecular complexity index is 1170. The Balaban J connectivity index is 1.44. The number of pyridine rings is 2. The van der Waals surface area contributed by atoms with Crippen molar-refractivity contribution in [3.63, 3.8) is 0 Å². The summed E-state index contributed by atoms with van der Waals surface area (Å²) >= 11 is 0. The van der Waals surface area contributed by atoms with E-state index in [0.717, 1.165) is 27.7 Å². The van der Waals surface area contributed by atoms with Crippen LogP contribution in [-0.4, -0.2) is 51.1 Å². The van der Waals surface area contributed by atoms with Crippen LogP contribution in [0.25, 0.3) is 16.6 Å². The maximum atomic E-state index is 12.1. The van der Waals surface area contributed by atoms with Gasteiger partial charge in [-0.3, -0.25) is 24.4 Å². The van der Waals surface area contributed by atoms with Gasteiger partial charge in [-0.1, -0.05) is 13.0 Å². The largest absolute Gasteiger partial charge is 0.354 e. The topological polar surface area (TPSA) is 113 Å². The van der Waals surface area contributed by atoms with Crippen molar-refractivity contribution < 1.29 is 9.63 Å². The molecule has 0 saturated heterocycles. The van der Waals surface area contributed by atoms with Crippen molar-refractivity contribution in [2.45, 2.75) is 19.9 Å². The molecule has 3 aromatic rings. The zero-order valence-electron chi connectivity index (χ0n) is 16.8. The summed E-state index contributed by atoms with van der Waals surface area (Å²) in [6.45, 7) is 3.40. The first-order chi connectivity index (χ1) is 14.6. The minimum absolute atomic E-state index is 0.0747. The number of aromatic nitrogens is 4. The molecule has 0 aliphatic carbocycles. The molecule has 0 aromatic carbocycles. The Morgan fingerprint density at radius 1 is 1.23 bits per heavy atom. The first-order valence-corrected chi connectivity index (χ1v) is 9.69. The van der Waals surface area contributed by atoms with Crippen molar-refractivity contribution in [2.24, 2.45) is 0 Å². The van der Waals surface area contributed by atoms with Gasteiger partial charge in [0.15, 0.2) is 0 Å². The minimum Gasteiger partial charge on any atom is -0.354 e. The molecule has 0 atom stereocenters. The van der Waals surface area contributed by atoms with Crippen LogP contribution < -0.4 is 10.9 Å². The monoisotopic (exact) mass is 406 g/mol. The fourth-order valence-electron chi connectivity index (χ4n) is 3.23. The third-order valence-corrected chi connectivity index (χ3v) is 4.95. The molecule has 1 aliphatic rings. The number of hydrogen-bond acceptors (Lipinski definition) is 7. The van der Waals surface area contributed by atoms with Crippen LogP contribution in [0.15, 0.2) is 41.6 Å². The Morgan fingerprint density at radius 3 is 2.77 bits per heavy atom. The molecule has 1 amide bonds. The number of hydroxylamine groups is 2. The Morgan fingerprint density at radius 2 is 2.10 bits per heavy atom. The third kappa shape index (κ3) is 4.12. The lowest BCUT2D eigenvalue weighted by Gasteiger charge is -2.25. The standard InChI is InChI=1S/C21H22N6O3/c1-3-14-7-16-17(26-20(14)28)6-13(8-23-16)11-27-5-4-15(12-30-27)18-9-25-19(10-24-18)21(29)22-2/h4,6-10H,3,5,11-12H2,1-2H3,(H,22,29)(H,26,28). The highest BCUT2D eigenvalue weighted by Gasteiger charge is 2.16. The number of nitrogens with one attached hydrogen (secondary N) is 2. The van der Waals surface area contributed by atoms with Crippen LogP contribution in [0.1, 0.15) is 34.2 Å². The van der Waals surface area contributed by atoms with Gasteiger partial charge in [0.2, 0.25) is 0 Å². The molecule has 0 saturated carbocycles. The molecule has 0 fully saturated rings. The van der Waals surface area contributed by atoms with Gasteiger partial charge in [0.05, 0.1) is 42.3 Å². The summed E-state index contributed by atoms with van der Waals surface area (Å²) in [6.07, 6.45) is 7.52. The molecule has 9 nitrogen and oxygen atoms in total. The summed E-state index contributed by atoms with van der Waals surface area (Å²) in [5.74, 6) is -0.273. The lowest BCUT2D eigenvalue weighted by atomic mass is 10.1. The molecule has 0 spiro atoms. The quantitative estimate of drug-likeness (QED) is 0.660. The average Bonchev–Trinajstić information content (AvgIpc) is 2.78. The lowest BCUT2D eigenvalue weighted by molar-refractivity contribution is -0.150. The van der Waals surface area contributed by atoms with Gasteiger partial charge in [0.25, 0.3) is 11.5 Å². The maximum Gasteiger partial charge on any atom is 0.271 e. The van der Waals surface area contributed by atoms with E-state index in [-0.39, 0.29) is 17.2 Å². The molecule has 9 heteroatoms. The number of aryl methyl sites for hydroxylation is 1. The Hall–Kier alpha value is -3.43. The second-order valence-corrected chi connectivity index (χ2v) is 6.94. The van der Waals surface area contributed by atoms with E-state index in [0.29, 0.717) is 31.8 Å². The number of H-pyrrole nitrogens is 1. The molecule has 0 unspecified atom stereocenters. The number of amides is 1. The molecule has 0 bridgehead atoms. The highest BCUT2D eigenvalue weighted by Crippen LogP contribution is 2.19. The number of hydrogen-bond donors (Lipinski definition) is 2. The molecular formula is C21H22N6O3. The maximum absolute atomic E-state index is 12.1. The summed E-state index contributed by atoms with van der Waals surface area (Å²) in [5.41, 5.74) is 4.95. The highest BCUT2D eigenvalue weighted by molar-refractivity contribution is 5.91. The van der Waals surface area contributed by atoms with E-state index in [1.165, 1.54) is 6.20 Å². The Labute approximate surface area is 172 Å². The van der Waals surface area contributed by atoms with Crippen molar-refractivity contribution in [1.82, 2.24) is 30.3 Å². The van der Waals surface area contributed by atoms with Gasteiger partial charge < -0.3 is 10.3 Å². The van der Waals surface area contributed by atoms with E-state index >= 15 is 0 Å². The van der Waals surface area contributed by atoms with Crippen LogP contribution in [0.3, 0.4) is 0 Å².